The van der Waals surface area contributed by atoms with Crippen molar-refractivity contribution in [1.82, 2.24) is 14.9 Å². The fourth-order valence-electron chi connectivity index (χ4n) is 2.30. The Morgan fingerprint density at radius 2 is 2.07 bits per heavy atom. The molecule has 1 amide bonds. The minimum atomic E-state index is -0.525. The number of thioether (sulfide) groups is 1. The maximum Gasteiger partial charge on any atom is 0.237 e. The van der Waals surface area contributed by atoms with Crippen LogP contribution in [0.1, 0.15) is 12.5 Å². The van der Waals surface area contributed by atoms with Crippen molar-refractivity contribution in [3.63, 3.8) is 0 Å². The molecule has 0 aliphatic heterocycles. The van der Waals surface area contributed by atoms with Crippen molar-refractivity contribution in [3.8, 4) is 17.5 Å². The van der Waals surface area contributed by atoms with E-state index >= 15 is 0 Å². The lowest BCUT2D eigenvalue weighted by Gasteiger charge is -2.11. The Bertz CT molecular complexity index is 1030. The van der Waals surface area contributed by atoms with E-state index in [4.69, 9.17) is 11.1 Å². The van der Waals surface area contributed by atoms with Crippen LogP contribution in [-0.2, 0) is 4.79 Å². The average molecular weight is 382 g/mol. The molecule has 0 spiro atoms. The summed E-state index contributed by atoms with van der Waals surface area (Å²) in [5.74, 6) is 5.62. The van der Waals surface area contributed by atoms with Gasteiger partial charge in [-0.25, -0.2) is 9.07 Å². The SMILES string of the molecule is C[C@H](Sc1nnc(-c2cccc(F)c2)n1N)C(=O)Nc1cccc(C#N)c1. The third-order valence-corrected chi connectivity index (χ3v) is 4.71. The zero-order chi connectivity index (χ0) is 19.4. The Labute approximate surface area is 159 Å². The molecule has 1 atom stereocenters. The Balaban J connectivity index is 1.71. The summed E-state index contributed by atoms with van der Waals surface area (Å²) in [5, 5.41) is 19.4. The van der Waals surface area contributed by atoms with Gasteiger partial charge in [-0.05, 0) is 37.3 Å². The van der Waals surface area contributed by atoms with Crippen LogP contribution in [0.5, 0.6) is 0 Å². The molecule has 3 N–H and O–H groups in total. The van der Waals surface area contributed by atoms with Gasteiger partial charge in [-0.3, -0.25) is 4.79 Å². The lowest BCUT2D eigenvalue weighted by atomic mass is 10.2. The number of halogens is 1. The van der Waals surface area contributed by atoms with Crippen molar-refractivity contribution >= 4 is 23.4 Å². The van der Waals surface area contributed by atoms with Gasteiger partial charge in [-0.15, -0.1) is 10.2 Å². The van der Waals surface area contributed by atoms with E-state index in [1.807, 2.05) is 6.07 Å². The highest BCUT2D eigenvalue weighted by molar-refractivity contribution is 8.00. The quantitative estimate of drug-likeness (QED) is 0.519. The molecule has 0 saturated heterocycles. The summed E-state index contributed by atoms with van der Waals surface area (Å²) in [4.78, 5) is 12.4. The molecule has 0 unspecified atom stereocenters. The van der Waals surface area contributed by atoms with Gasteiger partial charge in [0, 0.05) is 11.3 Å². The molecule has 1 aromatic heterocycles. The second-order valence-corrected chi connectivity index (χ2v) is 6.94. The normalized spacial score (nSPS) is 11.6. The molecular formula is C18H15FN6OS. The van der Waals surface area contributed by atoms with Crippen LogP contribution in [0.2, 0.25) is 0 Å². The molecule has 27 heavy (non-hydrogen) atoms. The van der Waals surface area contributed by atoms with Crippen LogP contribution in [0, 0.1) is 17.1 Å². The van der Waals surface area contributed by atoms with E-state index in [1.54, 1.807) is 43.3 Å². The molecule has 3 rings (SSSR count). The second kappa shape index (κ2) is 7.88. The van der Waals surface area contributed by atoms with Crippen molar-refractivity contribution in [2.45, 2.75) is 17.3 Å². The Morgan fingerprint density at radius 1 is 1.30 bits per heavy atom. The summed E-state index contributed by atoms with van der Waals surface area (Å²) in [7, 11) is 0. The predicted molar refractivity (Wildman–Crippen MR) is 101 cm³/mol. The van der Waals surface area contributed by atoms with Gasteiger partial charge >= 0.3 is 0 Å². The van der Waals surface area contributed by atoms with Crippen LogP contribution in [0.15, 0.2) is 53.7 Å². The van der Waals surface area contributed by atoms with Crippen molar-refractivity contribution in [3.05, 3.63) is 59.9 Å². The zero-order valence-corrected chi connectivity index (χ0v) is 15.1. The first-order chi connectivity index (χ1) is 13.0. The third-order valence-electron chi connectivity index (χ3n) is 3.66. The summed E-state index contributed by atoms with van der Waals surface area (Å²) >= 11 is 1.12. The first-order valence-electron chi connectivity index (χ1n) is 7.92. The number of nitrogens with two attached hydrogens (primary N) is 1. The Hall–Kier alpha value is -3.38. The molecule has 0 bridgehead atoms. The van der Waals surface area contributed by atoms with Crippen LogP contribution in [0.4, 0.5) is 10.1 Å². The number of hydrogen-bond donors (Lipinski definition) is 2. The topological polar surface area (TPSA) is 110 Å². The molecule has 0 aliphatic carbocycles. The van der Waals surface area contributed by atoms with E-state index in [-0.39, 0.29) is 5.91 Å². The maximum atomic E-state index is 13.4. The van der Waals surface area contributed by atoms with Gasteiger partial charge in [0.25, 0.3) is 0 Å². The van der Waals surface area contributed by atoms with Gasteiger partial charge < -0.3 is 11.2 Å². The molecule has 0 radical (unpaired) electrons. The fraction of sp³-hybridized carbons (Fsp3) is 0.111. The number of anilines is 1. The van der Waals surface area contributed by atoms with Gasteiger partial charge in [0.15, 0.2) is 5.82 Å². The van der Waals surface area contributed by atoms with E-state index in [0.29, 0.717) is 27.8 Å². The lowest BCUT2D eigenvalue weighted by Crippen LogP contribution is -2.23. The molecule has 1 heterocycles. The highest BCUT2D eigenvalue weighted by atomic mass is 32.2. The Kier molecular flexibility index (Phi) is 5.38. The molecule has 2 aromatic carbocycles. The highest BCUT2D eigenvalue weighted by Crippen LogP contribution is 2.25. The maximum absolute atomic E-state index is 13.4. The average Bonchev–Trinajstić information content (AvgIpc) is 3.02. The summed E-state index contributed by atoms with van der Waals surface area (Å²) in [6, 6.07) is 14.5. The highest BCUT2D eigenvalue weighted by Gasteiger charge is 2.20. The largest absolute Gasteiger partial charge is 0.335 e. The summed E-state index contributed by atoms with van der Waals surface area (Å²) in [6.07, 6.45) is 0. The van der Waals surface area contributed by atoms with E-state index in [0.717, 1.165) is 11.8 Å². The molecule has 0 aliphatic rings. The van der Waals surface area contributed by atoms with Crippen molar-refractivity contribution < 1.29 is 9.18 Å². The minimum Gasteiger partial charge on any atom is -0.335 e. The number of nitrogens with one attached hydrogen (secondary N) is 1. The predicted octanol–water partition coefficient (Wildman–Crippen LogP) is 2.79. The van der Waals surface area contributed by atoms with E-state index < -0.39 is 11.1 Å². The number of nitrogen functional groups attached to an aromatic ring is 1. The lowest BCUT2D eigenvalue weighted by molar-refractivity contribution is -0.115. The van der Waals surface area contributed by atoms with Gasteiger partial charge in [0.05, 0.1) is 16.9 Å². The van der Waals surface area contributed by atoms with E-state index in [1.165, 1.54) is 16.8 Å². The number of amides is 1. The Morgan fingerprint density at radius 3 is 2.81 bits per heavy atom. The number of nitrogens with zero attached hydrogens (tertiary/aromatic N) is 4. The minimum absolute atomic E-state index is 0.273. The van der Waals surface area contributed by atoms with Gasteiger partial charge in [0.2, 0.25) is 11.1 Å². The number of benzene rings is 2. The van der Waals surface area contributed by atoms with Crippen LogP contribution in [-0.4, -0.2) is 26.0 Å². The van der Waals surface area contributed by atoms with Gasteiger partial charge in [0.1, 0.15) is 5.82 Å². The van der Waals surface area contributed by atoms with E-state index in [2.05, 4.69) is 15.5 Å². The molecule has 0 saturated carbocycles. The molecule has 7 nitrogen and oxygen atoms in total. The molecular weight excluding hydrogens is 367 g/mol. The number of nitriles is 1. The summed E-state index contributed by atoms with van der Waals surface area (Å²) in [6.45, 7) is 1.70. The monoisotopic (exact) mass is 382 g/mol. The first-order valence-corrected chi connectivity index (χ1v) is 8.80. The molecule has 0 fully saturated rings. The molecule has 9 heteroatoms. The van der Waals surface area contributed by atoms with Crippen LogP contribution >= 0.6 is 11.8 Å². The number of carbonyl (C=O) groups is 1. The van der Waals surface area contributed by atoms with Crippen molar-refractivity contribution in [1.29, 1.82) is 5.26 Å². The number of rotatable bonds is 5. The van der Waals surface area contributed by atoms with Gasteiger partial charge in [-0.2, -0.15) is 5.26 Å². The van der Waals surface area contributed by atoms with E-state index in [9.17, 15) is 9.18 Å². The zero-order valence-electron chi connectivity index (χ0n) is 14.3. The van der Waals surface area contributed by atoms with Gasteiger partial charge in [-0.1, -0.05) is 30.0 Å². The molecule has 136 valence electrons. The second-order valence-electron chi connectivity index (χ2n) is 5.63. The summed E-state index contributed by atoms with van der Waals surface area (Å²) < 4.78 is 14.6. The van der Waals surface area contributed by atoms with Crippen molar-refractivity contribution in [2.24, 2.45) is 0 Å². The number of carbonyl (C=O) groups excluding carboxylic acids is 1. The first kappa shape index (κ1) is 18.4. The summed E-state index contributed by atoms with van der Waals surface area (Å²) in [5.41, 5.74) is 1.47. The fourth-order valence-corrected chi connectivity index (χ4v) is 3.07. The smallest absolute Gasteiger partial charge is 0.237 e. The van der Waals surface area contributed by atoms with Crippen molar-refractivity contribution in [2.75, 3.05) is 11.2 Å². The molecule has 3 aromatic rings. The standard InChI is InChI=1S/C18H15FN6OS/c1-11(17(26)22-15-7-2-4-12(8-15)10-20)27-18-24-23-16(25(18)21)13-5-3-6-14(19)9-13/h2-9,11H,21H2,1H3,(H,22,26)/t11-/m0/s1. The van der Waals surface area contributed by atoms with Crippen LogP contribution in [0.3, 0.4) is 0 Å². The number of hydrogen-bond acceptors (Lipinski definition) is 6. The third kappa shape index (κ3) is 4.24. The van der Waals surface area contributed by atoms with Crippen LogP contribution < -0.4 is 11.2 Å². The van der Waals surface area contributed by atoms with Crippen LogP contribution in [0.25, 0.3) is 11.4 Å². The number of aromatic nitrogens is 3.